The Morgan fingerprint density at radius 1 is 1.62 bits per heavy atom. The SMILES string of the molecule is CN(C)C(=O)c1cnc(N)c(Br)c1. The molecule has 70 valence electrons. The quantitative estimate of drug-likeness (QED) is 0.805. The molecule has 0 saturated heterocycles. The van der Waals surface area contributed by atoms with Crippen LogP contribution in [0.15, 0.2) is 16.7 Å². The summed E-state index contributed by atoms with van der Waals surface area (Å²) in [5, 5.41) is 0. The van der Waals surface area contributed by atoms with Gasteiger partial charge in [0.05, 0.1) is 10.0 Å². The van der Waals surface area contributed by atoms with Crippen molar-refractivity contribution in [2.45, 2.75) is 0 Å². The molecule has 1 rings (SSSR count). The second kappa shape index (κ2) is 3.74. The molecular weight excluding hydrogens is 234 g/mol. The van der Waals surface area contributed by atoms with Crippen molar-refractivity contribution in [3.8, 4) is 0 Å². The number of anilines is 1. The van der Waals surface area contributed by atoms with Gasteiger partial charge in [0.25, 0.3) is 5.91 Å². The monoisotopic (exact) mass is 243 g/mol. The number of halogens is 1. The lowest BCUT2D eigenvalue weighted by molar-refractivity contribution is 0.0827. The van der Waals surface area contributed by atoms with Gasteiger partial charge in [-0.3, -0.25) is 4.79 Å². The fraction of sp³-hybridized carbons (Fsp3) is 0.250. The van der Waals surface area contributed by atoms with Crippen LogP contribution in [0.3, 0.4) is 0 Å². The molecule has 0 aliphatic rings. The van der Waals surface area contributed by atoms with E-state index in [0.29, 0.717) is 15.9 Å². The number of nitrogens with zero attached hydrogens (tertiary/aromatic N) is 2. The minimum absolute atomic E-state index is 0.0896. The van der Waals surface area contributed by atoms with Crippen molar-refractivity contribution in [2.75, 3.05) is 19.8 Å². The summed E-state index contributed by atoms with van der Waals surface area (Å²) in [7, 11) is 3.37. The van der Waals surface area contributed by atoms with Crippen LogP contribution in [-0.4, -0.2) is 29.9 Å². The normalized spacial score (nSPS) is 9.77. The van der Waals surface area contributed by atoms with Crippen molar-refractivity contribution < 1.29 is 4.79 Å². The van der Waals surface area contributed by atoms with E-state index in [0.717, 1.165) is 0 Å². The zero-order chi connectivity index (χ0) is 10.0. The molecule has 1 aromatic rings. The summed E-state index contributed by atoms with van der Waals surface area (Å²) in [5.41, 5.74) is 6.00. The molecule has 4 nitrogen and oxygen atoms in total. The first-order valence-electron chi connectivity index (χ1n) is 3.65. The summed E-state index contributed by atoms with van der Waals surface area (Å²) in [6, 6.07) is 1.66. The minimum atomic E-state index is -0.0896. The highest BCUT2D eigenvalue weighted by Crippen LogP contribution is 2.17. The van der Waals surface area contributed by atoms with Crippen LogP contribution in [-0.2, 0) is 0 Å². The number of aromatic nitrogens is 1. The van der Waals surface area contributed by atoms with E-state index in [1.165, 1.54) is 11.1 Å². The highest BCUT2D eigenvalue weighted by molar-refractivity contribution is 9.10. The van der Waals surface area contributed by atoms with E-state index in [-0.39, 0.29) is 5.91 Å². The summed E-state index contributed by atoms with van der Waals surface area (Å²) in [6.07, 6.45) is 1.46. The molecule has 0 aliphatic heterocycles. The number of nitrogens with two attached hydrogens (primary N) is 1. The minimum Gasteiger partial charge on any atom is -0.383 e. The van der Waals surface area contributed by atoms with Crippen molar-refractivity contribution in [3.63, 3.8) is 0 Å². The molecule has 1 aromatic heterocycles. The van der Waals surface area contributed by atoms with Crippen molar-refractivity contribution in [3.05, 3.63) is 22.3 Å². The molecule has 1 amide bonds. The second-order valence-corrected chi connectivity index (χ2v) is 3.64. The number of carbonyl (C=O) groups excluding carboxylic acids is 1. The van der Waals surface area contributed by atoms with Gasteiger partial charge in [0.1, 0.15) is 5.82 Å². The van der Waals surface area contributed by atoms with Crippen molar-refractivity contribution in [1.29, 1.82) is 0 Å². The molecule has 0 fully saturated rings. The first-order chi connectivity index (χ1) is 6.02. The number of hydrogen-bond acceptors (Lipinski definition) is 3. The largest absolute Gasteiger partial charge is 0.383 e. The molecule has 13 heavy (non-hydrogen) atoms. The van der Waals surface area contributed by atoms with E-state index < -0.39 is 0 Å². The van der Waals surface area contributed by atoms with Crippen LogP contribution in [0.5, 0.6) is 0 Å². The van der Waals surface area contributed by atoms with Crippen LogP contribution in [0.4, 0.5) is 5.82 Å². The van der Waals surface area contributed by atoms with Crippen LogP contribution in [0.1, 0.15) is 10.4 Å². The number of pyridine rings is 1. The van der Waals surface area contributed by atoms with E-state index in [4.69, 9.17) is 5.73 Å². The second-order valence-electron chi connectivity index (χ2n) is 2.79. The summed E-state index contributed by atoms with van der Waals surface area (Å²) in [4.78, 5) is 16.8. The van der Waals surface area contributed by atoms with Gasteiger partial charge in [-0.25, -0.2) is 4.98 Å². The molecule has 0 bridgehead atoms. The van der Waals surface area contributed by atoms with Crippen LogP contribution in [0, 0.1) is 0 Å². The summed E-state index contributed by atoms with van der Waals surface area (Å²) < 4.78 is 0.639. The summed E-state index contributed by atoms with van der Waals surface area (Å²) in [6.45, 7) is 0. The lowest BCUT2D eigenvalue weighted by Crippen LogP contribution is -2.21. The van der Waals surface area contributed by atoms with Gasteiger partial charge < -0.3 is 10.6 Å². The fourth-order valence-electron chi connectivity index (χ4n) is 0.824. The van der Waals surface area contributed by atoms with Gasteiger partial charge in [-0.05, 0) is 22.0 Å². The third-order valence-corrected chi connectivity index (χ3v) is 2.16. The Bertz CT molecular complexity index is 338. The van der Waals surface area contributed by atoms with Crippen molar-refractivity contribution >= 4 is 27.7 Å². The average Bonchev–Trinajstić information content (AvgIpc) is 2.08. The van der Waals surface area contributed by atoms with Gasteiger partial charge in [-0.2, -0.15) is 0 Å². The molecule has 1 heterocycles. The van der Waals surface area contributed by atoms with Gasteiger partial charge in [0.2, 0.25) is 0 Å². The van der Waals surface area contributed by atoms with Gasteiger partial charge in [-0.1, -0.05) is 0 Å². The van der Waals surface area contributed by atoms with E-state index in [2.05, 4.69) is 20.9 Å². The van der Waals surface area contributed by atoms with E-state index in [1.807, 2.05) is 0 Å². The predicted molar refractivity (Wildman–Crippen MR) is 54.4 cm³/mol. The molecule has 0 aromatic carbocycles. The van der Waals surface area contributed by atoms with Crippen LogP contribution in [0.2, 0.25) is 0 Å². The number of amides is 1. The number of rotatable bonds is 1. The maximum atomic E-state index is 11.4. The zero-order valence-electron chi connectivity index (χ0n) is 7.41. The van der Waals surface area contributed by atoms with Gasteiger partial charge in [0.15, 0.2) is 0 Å². The Labute approximate surface area is 84.9 Å². The first kappa shape index (κ1) is 9.98. The number of carbonyl (C=O) groups is 1. The molecule has 2 N–H and O–H groups in total. The molecule has 0 atom stereocenters. The Kier molecular flexibility index (Phi) is 2.87. The Hall–Kier alpha value is -1.10. The summed E-state index contributed by atoms with van der Waals surface area (Å²) >= 11 is 3.21. The van der Waals surface area contributed by atoms with E-state index >= 15 is 0 Å². The summed E-state index contributed by atoms with van der Waals surface area (Å²) in [5.74, 6) is 0.295. The average molecular weight is 244 g/mol. The molecular formula is C8H10BrN3O. The number of hydrogen-bond donors (Lipinski definition) is 1. The smallest absolute Gasteiger partial charge is 0.254 e. The van der Waals surface area contributed by atoms with Crippen LogP contribution < -0.4 is 5.73 Å². The third kappa shape index (κ3) is 2.18. The Balaban J connectivity index is 3.04. The van der Waals surface area contributed by atoms with Crippen molar-refractivity contribution in [1.82, 2.24) is 9.88 Å². The predicted octanol–water partition coefficient (Wildman–Crippen LogP) is 1.13. The Morgan fingerprint density at radius 3 is 2.69 bits per heavy atom. The van der Waals surface area contributed by atoms with Crippen molar-refractivity contribution in [2.24, 2.45) is 0 Å². The molecule has 0 spiro atoms. The molecule has 5 heteroatoms. The third-order valence-electron chi connectivity index (χ3n) is 1.52. The zero-order valence-corrected chi connectivity index (χ0v) is 9.00. The standard InChI is InChI=1S/C8H10BrN3O/c1-12(2)8(13)5-3-6(9)7(10)11-4-5/h3-4H,1-2H3,(H2,10,11). The van der Waals surface area contributed by atoms with E-state index in [1.54, 1.807) is 20.2 Å². The maximum absolute atomic E-state index is 11.4. The molecule has 0 unspecified atom stereocenters. The topological polar surface area (TPSA) is 59.2 Å². The van der Waals surface area contributed by atoms with Crippen LogP contribution >= 0.6 is 15.9 Å². The Morgan fingerprint density at radius 2 is 2.23 bits per heavy atom. The molecule has 0 radical (unpaired) electrons. The maximum Gasteiger partial charge on any atom is 0.254 e. The molecule has 0 saturated carbocycles. The van der Waals surface area contributed by atoms with Gasteiger partial charge in [0, 0.05) is 20.3 Å². The highest BCUT2D eigenvalue weighted by Gasteiger charge is 2.09. The van der Waals surface area contributed by atoms with Gasteiger partial charge >= 0.3 is 0 Å². The highest BCUT2D eigenvalue weighted by atomic mass is 79.9. The number of nitrogen functional groups attached to an aromatic ring is 1. The van der Waals surface area contributed by atoms with E-state index in [9.17, 15) is 4.79 Å². The first-order valence-corrected chi connectivity index (χ1v) is 4.44. The van der Waals surface area contributed by atoms with Crippen LogP contribution in [0.25, 0.3) is 0 Å². The lowest BCUT2D eigenvalue weighted by atomic mass is 10.2. The van der Waals surface area contributed by atoms with Gasteiger partial charge in [-0.15, -0.1) is 0 Å². The fourth-order valence-corrected chi connectivity index (χ4v) is 1.17. The molecule has 0 aliphatic carbocycles. The lowest BCUT2D eigenvalue weighted by Gasteiger charge is -2.10.